The van der Waals surface area contributed by atoms with Gasteiger partial charge in [-0.05, 0) is 0 Å². The zero-order valence-corrected chi connectivity index (χ0v) is 31.5. The summed E-state index contributed by atoms with van der Waals surface area (Å²) in [6, 6.07) is 27.9. The van der Waals surface area contributed by atoms with Crippen LogP contribution in [0.25, 0.3) is 34.4 Å². The first-order valence-electron chi connectivity index (χ1n) is 16.3. The Morgan fingerprint density at radius 1 is 0.605 bits per heavy atom. The number of aryl methyl sites for hydroxylation is 4. The van der Waals surface area contributed by atoms with Crippen LogP contribution in [0.4, 0.5) is 0 Å². The van der Waals surface area contributed by atoms with Crippen molar-refractivity contribution in [2.45, 2.75) is 67.1 Å². The number of hydrogen-bond donors (Lipinski definition) is 0. The van der Waals surface area contributed by atoms with Gasteiger partial charge in [0.25, 0.3) is 0 Å². The maximum absolute atomic E-state index is 5.72. The van der Waals surface area contributed by atoms with Crippen LogP contribution in [0.1, 0.15) is 65.7 Å². The number of hydrogen-bond acceptors (Lipinski definition) is 0. The van der Waals surface area contributed by atoms with Gasteiger partial charge in [0.05, 0.1) is 0 Å². The second-order valence-electron chi connectivity index (χ2n) is 18.2. The van der Waals surface area contributed by atoms with Crippen LogP contribution in [0.5, 0.6) is 0 Å². The molecule has 0 N–H and O–H groups in total. The molecular weight excluding hydrogens is 683 g/mol. The molecule has 4 aromatic rings. The normalized spacial score (nSPS) is 19.9. The summed E-state index contributed by atoms with van der Waals surface area (Å²) >= 11 is -5.24. The molecule has 2 aliphatic carbocycles. The molecule has 0 heterocycles. The molecule has 6 rings (SSSR count). The Morgan fingerprint density at radius 3 is 1.33 bits per heavy atom. The molecule has 4 aromatic carbocycles. The molecule has 0 aromatic heterocycles. The first kappa shape index (κ1) is 30.1. The van der Waals surface area contributed by atoms with Crippen molar-refractivity contribution in [1.82, 2.24) is 0 Å². The van der Waals surface area contributed by atoms with Gasteiger partial charge in [-0.15, -0.1) is 0 Å². The van der Waals surface area contributed by atoms with Crippen LogP contribution in [0.3, 0.4) is 0 Å². The second-order valence-corrected chi connectivity index (χ2v) is 71.5. The van der Waals surface area contributed by atoms with Crippen LogP contribution in [-0.2, 0) is 15.1 Å². The van der Waals surface area contributed by atoms with Crippen molar-refractivity contribution >= 4 is 16.4 Å². The Morgan fingerprint density at radius 2 is 0.977 bits per heavy atom. The molecular formula is C42H50Hf. The Hall–Kier alpha value is -2.90. The number of benzene rings is 4. The van der Waals surface area contributed by atoms with Crippen LogP contribution in [-0.4, -0.2) is 4.26 Å². The fourth-order valence-corrected chi connectivity index (χ4v) is 48.4. The average Bonchev–Trinajstić information content (AvgIpc) is 3.53. The van der Waals surface area contributed by atoms with Crippen LogP contribution in [0.15, 0.2) is 84.9 Å². The van der Waals surface area contributed by atoms with Gasteiger partial charge in [-0.2, -0.15) is 0 Å². The Labute approximate surface area is 254 Å². The third-order valence-electron chi connectivity index (χ3n) is 11.4. The fraction of sp³-hybridized carbons (Fsp3) is 0.310. The standard InChI is InChI=1S/2C17H15.C4H9.3CH3.CH2.Hf/c2*1-12-9-13(2)11-15(10-12)17-8-4-6-14-5-3-7-16(14)17;1-4(2)3;;;;;/h2*3-11H,1-2H3;4H,1H2,2-3H3;3*1H3;1H2;. The minimum atomic E-state index is -5.24. The molecule has 2 unspecified atom stereocenters. The maximum atomic E-state index is 5.72. The van der Waals surface area contributed by atoms with E-state index in [1.807, 2.05) is 0 Å². The van der Waals surface area contributed by atoms with Crippen molar-refractivity contribution in [2.75, 3.05) is 0 Å². The molecule has 0 saturated carbocycles. The molecule has 222 valence electrons. The molecule has 1 heteroatoms. The van der Waals surface area contributed by atoms with E-state index in [0.29, 0.717) is 5.92 Å². The van der Waals surface area contributed by atoms with Gasteiger partial charge in [-0.1, -0.05) is 0 Å². The molecule has 0 fully saturated rings. The van der Waals surface area contributed by atoms with E-state index in [9.17, 15) is 0 Å². The molecule has 0 aliphatic heterocycles. The summed E-state index contributed by atoms with van der Waals surface area (Å²) in [5, 5.41) is 0. The Balaban J connectivity index is 1.59. The molecule has 0 bridgehead atoms. The number of rotatable bonds is 6. The number of fused-ring (bicyclic) bond motifs is 2. The fourth-order valence-electron chi connectivity index (χ4n) is 10.4. The van der Waals surface area contributed by atoms with E-state index in [1.54, 1.807) is 0 Å². The van der Waals surface area contributed by atoms with Gasteiger partial charge < -0.3 is 0 Å². The van der Waals surface area contributed by atoms with Crippen molar-refractivity contribution in [3.63, 3.8) is 0 Å². The van der Waals surface area contributed by atoms with E-state index < -0.39 is 15.1 Å². The van der Waals surface area contributed by atoms with E-state index in [4.69, 9.17) is 4.26 Å². The third-order valence-corrected chi connectivity index (χ3v) is 47.4. The van der Waals surface area contributed by atoms with E-state index in [-0.39, 0.29) is 7.35 Å². The summed E-state index contributed by atoms with van der Waals surface area (Å²) in [5.41, 5.74) is 16.3. The summed E-state index contributed by atoms with van der Waals surface area (Å²) in [7, 11) is 0. The molecule has 0 saturated heterocycles. The summed E-state index contributed by atoms with van der Waals surface area (Å²) < 4.78 is 15.6. The van der Waals surface area contributed by atoms with Crippen LogP contribution in [0, 0.1) is 33.6 Å². The summed E-state index contributed by atoms with van der Waals surface area (Å²) in [6.07, 6.45) is 10.0. The van der Waals surface area contributed by atoms with E-state index in [0.717, 1.165) is 4.18 Å². The predicted octanol–water partition coefficient (Wildman–Crippen LogP) is 12.5. The van der Waals surface area contributed by atoms with Gasteiger partial charge >= 0.3 is 256 Å². The molecule has 43 heavy (non-hydrogen) atoms. The summed E-state index contributed by atoms with van der Waals surface area (Å²) in [6.45, 7) is 13.6. The van der Waals surface area contributed by atoms with Crippen LogP contribution in [0.2, 0.25) is 18.2 Å². The molecule has 0 spiro atoms. The first-order chi connectivity index (χ1) is 19.9. The number of allylic oxidation sites excluding steroid dienone is 2. The van der Waals surface area contributed by atoms with Crippen molar-refractivity contribution in [1.29, 1.82) is 0 Å². The minimum absolute atomic E-state index is 0.290. The summed E-state index contributed by atoms with van der Waals surface area (Å²) in [5.74, 6) is 0.530. The zero-order chi connectivity index (χ0) is 31.1. The van der Waals surface area contributed by atoms with Crippen molar-refractivity contribution in [2.24, 2.45) is 5.92 Å². The van der Waals surface area contributed by atoms with Gasteiger partial charge in [-0.25, -0.2) is 0 Å². The monoisotopic (exact) mass is 734 g/mol. The van der Waals surface area contributed by atoms with Crippen molar-refractivity contribution < 1.29 is 15.1 Å². The summed E-state index contributed by atoms with van der Waals surface area (Å²) in [4.78, 5) is 0. The quantitative estimate of drug-likeness (QED) is 0.173. The average molecular weight is 733 g/mol. The van der Waals surface area contributed by atoms with Gasteiger partial charge in [0, 0.05) is 0 Å². The molecule has 2 aliphatic rings. The van der Waals surface area contributed by atoms with Crippen molar-refractivity contribution in [3.05, 3.63) is 129 Å². The van der Waals surface area contributed by atoms with Crippen LogP contribution < -0.4 is 0 Å². The van der Waals surface area contributed by atoms with Gasteiger partial charge in [0.1, 0.15) is 0 Å². The molecule has 0 radical (unpaired) electrons. The van der Waals surface area contributed by atoms with Crippen LogP contribution >= 0.6 is 0 Å². The van der Waals surface area contributed by atoms with Gasteiger partial charge in [-0.3, -0.25) is 0 Å². The topological polar surface area (TPSA) is 0 Å². The SMILES string of the molecule is [CH2]=[Hf]([CH3])([CH3])([CH3])([CH2]C(C)C)([CH]1C=Cc2c(-c3cc(C)cc(C)c3)cccc21)[CH]1C=Cc2c(-c3cc(C)cc(C)c3)cccc21. The van der Waals surface area contributed by atoms with Crippen molar-refractivity contribution in [3.8, 4) is 22.3 Å². The van der Waals surface area contributed by atoms with E-state index >= 15 is 0 Å². The van der Waals surface area contributed by atoms with E-state index in [1.165, 1.54) is 66.8 Å². The van der Waals surface area contributed by atoms with E-state index in [2.05, 4.69) is 153 Å². The predicted molar refractivity (Wildman–Crippen MR) is 191 cm³/mol. The molecule has 0 amide bonds. The molecule has 2 atom stereocenters. The third kappa shape index (κ3) is 4.69. The van der Waals surface area contributed by atoms with Gasteiger partial charge in [0.2, 0.25) is 0 Å². The Kier molecular flexibility index (Phi) is 6.20. The second kappa shape index (κ2) is 8.85. The zero-order valence-electron chi connectivity index (χ0n) is 27.9. The first-order valence-corrected chi connectivity index (χ1v) is 36.3. The Bertz CT molecular complexity index is 1830. The van der Waals surface area contributed by atoms with Gasteiger partial charge in [0.15, 0.2) is 0 Å². The molecule has 0 nitrogen and oxygen atoms in total.